The monoisotopic (exact) mass is 299 g/mol. The van der Waals surface area contributed by atoms with Crippen LogP contribution in [0.1, 0.15) is 11.3 Å². The highest BCUT2D eigenvalue weighted by atomic mass is 16.5. The first-order valence-corrected chi connectivity index (χ1v) is 6.37. The van der Waals surface area contributed by atoms with Crippen molar-refractivity contribution >= 4 is 28.9 Å². The van der Waals surface area contributed by atoms with Crippen molar-refractivity contribution in [2.45, 2.75) is 6.61 Å². The molecular formula is C16H13NO5. The second kappa shape index (κ2) is 7.03. The van der Waals surface area contributed by atoms with E-state index in [0.717, 1.165) is 16.8 Å². The van der Waals surface area contributed by atoms with Gasteiger partial charge in [-0.05, 0) is 18.2 Å². The highest BCUT2D eigenvalue weighted by Gasteiger charge is 2.07. The first-order valence-electron chi connectivity index (χ1n) is 6.37. The van der Waals surface area contributed by atoms with Crippen molar-refractivity contribution in [3.63, 3.8) is 0 Å². The molecule has 6 heteroatoms. The molecule has 3 rings (SSSR count). The summed E-state index contributed by atoms with van der Waals surface area (Å²) in [5.74, 6) is -2.51. The maximum atomic E-state index is 9.55. The molecule has 2 heterocycles. The molecule has 0 bridgehead atoms. The van der Waals surface area contributed by atoms with Gasteiger partial charge in [0.25, 0.3) is 0 Å². The number of fused-ring (bicyclic) bond motifs is 2. The summed E-state index contributed by atoms with van der Waals surface area (Å²) in [5.41, 5.74) is 3.22. The average molecular weight is 299 g/mol. The molecule has 1 aliphatic rings. The van der Waals surface area contributed by atoms with E-state index < -0.39 is 11.9 Å². The van der Waals surface area contributed by atoms with Gasteiger partial charge in [0.15, 0.2) is 0 Å². The molecule has 2 N–H and O–H groups in total. The number of hydrogen-bond acceptors (Lipinski definition) is 4. The van der Waals surface area contributed by atoms with Crippen molar-refractivity contribution in [3.8, 4) is 0 Å². The third kappa shape index (κ3) is 4.17. The number of carbonyl (C=O) groups is 2. The third-order valence-electron chi connectivity index (χ3n) is 2.77. The summed E-state index contributed by atoms with van der Waals surface area (Å²) in [6.07, 6.45) is 4.72. The van der Waals surface area contributed by atoms with Gasteiger partial charge in [0.05, 0.1) is 17.5 Å². The van der Waals surface area contributed by atoms with Gasteiger partial charge in [0.2, 0.25) is 0 Å². The summed E-state index contributed by atoms with van der Waals surface area (Å²) in [7, 11) is 0. The van der Waals surface area contributed by atoms with Gasteiger partial charge in [0, 0.05) is 23.1 Å². The Morgan fingerprint density at radius 2 is 1.82 bits per heavy atom. The van der Waals surface area contributed by atoms with Gasteiger partial charge in [-0.3, -0.25) is 0 Å². The highest BCUT2D eigenvalue weighted by Crippen LogP contribution is 2.20. The number of rotatable bonds is 2. The molecule has 0 atom stereocenters. The lowest BCUT2D eigenvalue weighted by molar-refractivity contribution is -0.134. The molecule has 6 nitrogen and oxygen atoms in total. The van der Waals surface area contributed by atoms with Crippen LogP contribution in [0.5, 0.6) is 0 Å². The number of ether oxygens (including phenoxy) is 1. The van der Waals surface area contributed by atoms with Crippen molar-refractivity contribution in [2.75, 3.05) is 0 Å². The SMILES string of the molecule is C1=Cc2nc3ccccc3cc2CO1.O=C(O)/C=C/C(=O)O. The second-order valence-corrected chi connectivity index (χ2v) is 4.35. The summed E-state index contributed by atoms with van der Waals surface area (Å²) >= 11 is 0. The Hall–Kier alpha value is -3.15. The standard InChI is InChI=1S/C12H9NO.C4H4O4/c1-2-4-11-9(3-1)7-10-8-14-6-5-12(10)13-11;5-3(6)1-2-4(7)8/h1-7H,8H2;1-2H,(H,5,6)(H,7,8)/b;2-1+. The molecule has 22 heavy (non-hydrogen) atoms. The fourth-order valence-electron chi connectivity index (χ4n) is 1.83. The quantitative estimate of drug-likeness (QED) is 0.827. The van der Waals surface area contributed by atoms with Crippen molar-refractivity contribution in [1.82, 2.24) is 4.98 Å². The summed E-state index contributed by atoms with van der Waals surface area (Å²) in [6, 6.07) is 10.3. The van der Waals surface area contributed by atoms with Crippen LogP contribution in [0.2, 0.25) is 0 Å². The Balaban J connectivity index is 0.000000192. The van der Waals surface area contributed by atoms with Crippen LogP contribution in [-0.2, 0) is 20.9 Å². The zero-order valence-corrected chi connectivity index (χ0v) is 11.5. The Labute approximate surface area is 126 Å². The molecule has 0 spiro atoms. The van der Waals surface area contributed by atoms with Crippen molar-refractivity contribution < 1.29 is 24.5 Å². The van der Waals surface area contributed by atoms with E-state index in [4.69, 9.17) is 14.9 Å². The average Bonchev–Trinajstić information content (AvgIpc) is 2.51. The summed E-state index contributed by atoms with van der Waals surface area (Å²) in [6.45, 7) is 0.629. The van der Waals surface area contributed by atoms with Crippen LogP contribution < -0.4 is 0 Å². The number of nitrogens with zero attached hydrogens (tertiary/aromatic N) is 1. The van der Waals surface area contributed by atoms with Crippen molar-refractivity contribution in [3.05, 3.63) is 60.0 Å². The summed E-state index contributed by atoms with van der Waals surface area (Å²) in [5, 5.41) is 16.8. The van der Waals surface area contributed by atoms with E-state index in [1.54, 1.807) is 6.26 Å². The molecule has 0 amide bonds. The molecule has 0 unspecified atom stereocenters. The van der Waals surface area contributed by atoms with Crippen LogP contribution in [0.25, 0.3) is 17.0 Å². The van der Waals surface area contributed by atoms with E-state index in [2.05, 4.69) is 17.1 Å². The lowest BCUT2D eigenvalue weighted by Crippen LogP contribution is -1.99. The van der Waals surface area contributed by atoms with E-state index in [-0.39, 0.29) is 0 Å². The van der Waals surface area contributed by atoms with E-state index in [9.17, 15) is 9.59 Å². The molecule has 112 valence electrons. The van der Waals surface area contributed by atoms with Crippen LogP contribution in [0.3, 0.4) is 0 Å². The molecular weight excluding hydrogens is 286 g/mol. The zero-order valence-electron chi connectivity index (χ0n) is 11.5. The van der Waals surface area contributed by atoms with E-state index >= 15 is 0 Å². The minimum Gasteiger partial charge on any atom is -0.496 e. The molecule has 2 aromatic rings. The van der Waals surface area contributed by atoms with Crippen LogP contribution in [-0.4, -0.2) is 27.1 Å². The van der Waals surface area contributed by atoms with Gasteiger partial charge in [-0.1, -0.05) is 18.2 Å². The maximum Gasteiger partial charge on any atom is 0.328 e. The Bertz CT molecular complexity index is 748. The lowest BCUT2D eigenvalue weighted by Gasteiger charge is -2.11. The molecule has 1 aliphatic heterocycles. The van der Waals surface area contributed by atoms with Crippen LogP contribution >= 0.6 is 0 Å². The second-order valence-electron chi connectivity index (χ2n) is 4.35. The Morgan fingerprint density at radius 3 is 2.50 bits per heavy atom. The highest BCUT2D eigenvalue weighted by molar-refractivity contribution is 5.89. The zero-order chi connectivity index (χ0) is 15.9. The van der Waals surface area contributed by atoms with Gasteiger partial charge in [-0.25, -0.2) is 14.6 Å². The lowest BCUT2D eigenvalue weighted by atomic mass is 10.1. The van der Waals surface area contributed by atoms with Gasteiger partial charge < -0.3 is 14.9 Å². The number of carboxylic acids is 2. The van der Waals surface area contributed by atoms with Crippen molar-refractivity contribution in [2.24, 2.45) is 0 Å². The van der Waals surface area contributed by atoms with Crippen LogP contribution in [0.15, 0.2) is 48.7 Å². The Morgan fingerprint density at radius 1 is 1.14 bits per heavy atom. The van der Waals surface area contributed by atoms with Crippen LogP contribution in [0, 0.1) is 0 Å². The largest absolute Gasteiger partial charge is 0.496 e. The Kier molecular flexibility index (Phi) is 4.87. The predicted octanol–water partition coefficient (Wildman–Crippen LogP) is 2.45. The molecule has 0 saturated carbocycles. The van der Waals surface area contributed by atoms with E-state index in [0.29, 0.717) is 18.8 Å². The van der Waals surface area contributed by atoms with E-state index in [1.807, 2.05) is 24.3 Å². The number of hydrogen-bond donors (Lipinski definition) is 2. The van der Waals surface area contributed by atoms with Gasteiger partial charge in [0.1, 0.15) is 6.61 Å². The van der Waals surface area contributed by atoms with Gasteiger partial charge >= 0.3 is 11.9 Å². The smallest absolute Gasteiger partial charge is 0.328 e. The van der Waals surface area contributed by atoms with Gasteiger partial charge in [-0.15, -0.1) is 0 Å². The molecule has 0 saturated heterocycles. The van der Waals surface area contributed by atoms with Gasteiger partial charge in [-0.2, -0.15) is 0 Å². The minimum atomic E-state index is -1.26. The first-order chi connectivity index (χ1) is 10.6. The number of carboxylic acid groups (broad SMARTS) is 2. The fourth-order valence-corrected chi connectivity index (χ4v) is 1.83. The summed E-state index contributed by atoms with van der Waals surface area (Å²) < 4.78 is 5.22. The fraction of sp³-hybridized carbons (Fsp3) is 0.0625. The molecule has 0 radical (unpaired) electrons. The predicted molar refractivity (Wildman–Crippen MR) is 80.0 cm³/mol. The number of aliphatic carboxylic acids is 2. The summed E-state index contributed by atoms with van der Waals surface area (Å²) in [4.78, 5) is 23.7. The number of pyridine rings is 1. The van der Waals surface area contributed by atoms with Crippen molar-refractivity contribution in [1.29, 1.82) is 0 Å². The first kappa shape index (κ1) is 15.2. The minimum absolute atomic E-state index is 0.558. The number of para-hydroxylation sites is 1. The molecule has 1 aromatic carbocycles. The third-order valence-corrected chi connectivity index (χ3v) is 2.77. The molecule has 0 fully saturated rings. The number of aromatic nitrogens is 1. The normalized spacial score (nSPS) is 12.2. The van der Waals surface area contributed by atoms with Crippen LogP contribution in [0.4, 0.5) is 0 Å². The number of benzene rings is 1. The molecule has 0 aliphatic carbocycles. The molecule has 1 aromatic heterocycles. The maximum absolute atomic E-state index is 9.55. The van der Waals surface area contributed by atoms with E-state index in [1.165, 1.54) is 5.39 Å². The topological polar surface area (TPSA) is 96.7 Å².